The molecule has 0 saturated carbocycles. The molecule has 3 nitrogen and oxygen atoms in total. The van der Waals surface area contributed by atoms with Gasteiger partial charge in [-0.3, -0.25) is 4.79 Å². The van der Waals surface area contributed by atoms with Crippen LogP contribution in [0.25, 0.3) is 10.2 Å². The van der Waals surface area contributed by atoms with Gasteiger partial charge in [0, 0.05) is 7.05 Å². The van der Waals surface area contributed by atoms with Crippen molar-refractivity contribution in [2.75, 3.05) is 0 Å². The molecule has 0 spiro atoms. The average Bonchev–Trinajstić information content (AvgIpc) is 2.53. The molecule has 2 N–H and O–H groups in total. The molecule has 2 aromatic rings. The van der Waals surface area contributed by atoms with Crippen LogP contribution in [-0.4, -0.2) is 10.5 Å². The number of carbonyl (C=O) groups is 1. The van der Waals surface area contributed by atoms with Crippen molar-refractivity contribution in [1.82, 2.24) is 4.57 Å². The van der Waals surface area contributed by atoms with Crippen molar-refractivity contribution in [2.24, 2.45) is 12.8 Å². The maximum atomic E-state index is 10.9. The van der Waals surface area contributed by atoms with Crippen LogP contribution >= 0.6 is 11.3 Å². The highest BCUT2D eigenvalue weighted by Crippen LogP contribution is 2.23. The van der Waals surface area contributed by atoms with E-state index in [1.165, 1.54) is 0 Å². The minimum atomic E-state index is -0.374. The average molecular weight is 180 g/mol. The third-order valence-electron chi connectivity index (χ3n) is 1.92. The number of rotatable bonds is 1. The van der Waals surface area contributed by atoms with Crippen molar-refractivity contribution in [2.45, 2.75) is 0 Å². The summed E-state index contributed by atoms with van der Waals surface area (Å²) in [5.74, 6) is -0.374. The molecule has 4 heteroatoms. The highest BCUT2D eigenvalue weighted by Gasteiger charge is 2.09. The van der Waals surface area contributed by atoms with Crippen molar-refractivity contribution in [3.63, 3.8) is 0 Å². The van der Waals surface area contributed by atoms with Crippen molar-refractivity contribution >= 4 is 27.5 Å². The Labute approximate surface area is 73.4 Å². The first-order valence-electron chi connectivity index (χ1n) is 3.53. The number of aryl methyl sites for hydroxylation is 1. The predicted octanol–water partition coefficient (Wildman–Crippen LogP) is 1.34. The van der Waals surface area contributed by atoms with Gasteiger partial charge in [-0.25, -0.2) is 0 Å². The number of fused-ring (bicyclic) bond motifs is 1. The highest BCUT2D eigenvalue weighted by molar-refractivity contribution is 7.17. The molecular formula is C8H8N2OS. The molecule has 0 aliphatic heterocycles. The Morgan fingerprint density at radius 1 is 1.67 bits per heavy atom. The van der Waals surface area contributed by atoms with Gasteiger partial charge < -0.3 is 10.3 Å². The van der Waals surface area contributed by atoms with Gasteiger partial charge in [0.25, 0.3) is 5.91 Å². The fourth-order valence-corrected chi connectivity index (χ4v) is 2.14. The zero-order valence-corrected chi connectivity index (χ0v) is 7.39. The first kappa shape index (κ1) is 7.36. The standard InChI is InChI=1S/C8H8N2OS/c1-10-5-2-3-12-7(5)4-6(10)8(9)11/h2-4H,1H3,(H2,9,11). The molecule has 0 saturated heterocycles. The molecule has 0 aliphatic rings. The van der Waals surface area contributed by atoms with E-state index >= 15 is 0 Å². The second-order valence-corrected chi connectivity index (χ2v) is 3.57. The molecular weight excluding hydrogens is 172 g/mol. The topological polar surface area (TPSA) is 48.0 Å². The Morgan fingerprint density at radius 2 is 2.42 bits per heavy atom. The zero-order valence-electron chi connectivity index (χ0n) is 6.57. The maximum absolute atomic E-state index is 10.9. The molecule has 0 aromatic carbocycles. The lowest BCUT2D eigenvalue weighted by Gasteiger charge is -1.96. The zero-order chi connectivity index (χ0) is 8.72. The molecule has 0 unspecified atom stereocenters. The fraction of sp³-hybridized carbons (Fsp3) is 0.125. The van der Waals surface area contributed by atoms with Crippen LogP contribution in [0, 0.1) is 0 Å². The monoisotopic (exact) mass is 180 g/mol. The van der Waals surface area contributed by atoms with Gasteiger partial charge in [-0.15, -0.1) is 11.3 Å². The summed E-state index contributed by atoms with van der Waals surface area (Å²) >= 11 is 1.61. The van der Waals surface area contributed by atoms with E-state index in [2.05, 4.69) is 0 Å². The summed E-state index contributed by atoms with van der Waals surface area (Å²) in [7, 11) is 1.84. The third-order valence-corrected chi connectivity index (χ3v) is 2.77. The number of carbonyl (C=O) groups excluding carboxylic acids is 1. The Morgan fingerprint density at radius 3 is 3.00 bits per heavy atom. The van der Waals surface area contributed by atoms with Crippen LogP contribution in [0.1, 0.15) is 10.5 Å². The van der Waals surface area contributed by atoms with E-state index in [4.69, 9.17) is 5.73 Å². The number of hydrogen-bond donors (Lipinski definition) is 1. The predicted molar refractivity (Wildman–Crippen MR) is 49.3 cm³/mol. The van der Waals surface area contributed by atoms with Crippen LogP contribution in [0.4, 0.5) is 0 Å². The summed E-state index contributed by atoms with van der Waals surface area (Å²) in [4.78, 5) is 10.9. The van der Waals surface area contributed by atoms with Crippen LogP contribution < -0.4 is 5.73 Å². The number of hydrogen-bond acceptors (Lipinski definition) is 2. The lowest BCUT2D eigenvalue weighted by Crippen LogP contribution is -2.14. The summed E-state index contributed by atoms with van der Waals surface area (Å²) in [5, 5.41) is 2.00. The Balaban J connectivity index is 2.78. The fourth-order valence-electron chi connectivity index (χ4n) is 1.29. The number of amides is 1. The molecule has 2 rings (SSSR count). The van der Waals surface area contributed by atoms with Crippen LogP contribution in [0.3, 0.4) is 0 Å². The minimum Gasteiger partial charge on any atom is -0.364 e. The van der Waals surface area contributed by atoms with Gasteiger partial charge in [-0.2, -0.15) is 0 Å². The normalized spacial score (nSPS) is 10.8. The quantitative estimate of drug-likeness (QED) is 0.707. The van der Waals surface area contributed by atoms with Gasteiger partial charge in [0.05, 0.1) is 10.2 Å². The van der Waals surface area contributed by atoms with Gasteiger partial charge in [-0.05, 0) is 17.5 Å². The van der Waals surface area contributed by atoms with Gasteiger partial charge in [0.15, 0.2) is 0 Å². The maximum Gasteiger partial charge on any atom is 0.265 e. The SMILES string of the molecule is Cn1c(C(N)=O)cc2sccc21. The molecule has 1 amide bonds. The van der Waals surface area contributed by atoms with Gasteiger partial charge in [0.2, 0.25) is 0 Å². The van der Waals surface area contributed by atoms with Crippen LogP contribution in [0.5, 0.6) is 0 Å². The van der Waals surface area contributed by atoms with E-state index in [0.717, 1.165) is 10.2 Å². The molecule has 0 aliphatic carbocycles. The van der Waals surface area contributed by atoms with Crippen LogP contribution in [-0.2, 0) is 7.05 Å². The molecule has 0 atom stereocenters. The van der Waals surface area contributed by atoms with E-state index in [-0.39, 0.29) is 5.91 Å². The first-order chi connectivity index (χ1) is 5.70. The first-order valence-corrected chi connectivity index (χ1v) is 4.41. The molecule has 0 fully saturated rings. The molecule has 0 bridgehead atoms. The molecule has 62 valence electrons. The summed E-state index contributed by atoms with van der Waals surface area (Å²) in [6.07, 6.45) is 0. The summed E-state index contributed by atoms with van der Waals surface area (Å²) < 4.78 is 2.92. The van der Waals surface area contributed by atoms with Crippen molar-refractivity contribution in [3.05, 3.63) is 23.2 Å². The summed E-state index contributed by atoms with van der Waals surface area (Å²) in [6.45, 7) is 0. The second kappa shape index (κ2) is 2.35. The Bertz CT molecular complexity index is 441. The number of nitrogens with zero attached hydrogens (tertiary/aromatic N) is 1. The van der Waals surface area contributed by atoms with Crippen molar-refractivity contribution < 1.29 is 4.79 Å². The number of aromatic nitrogens is 1. The Hall–Kier alpha value is -1.29. The van der Waals surface area contributed by atoms with E-state index in [0.29, 0.717) is 5.69 Å². The molecule has 2 heterocycles. The molecule has 12 heavy (non-hydrogen) atoms. The van der Waals surface area contributed by atoms with E-state index in [1.807, 2.05) is 29.1 Å². The Kier molecular flexibility index (Phi) is 1.44. The van der Waals surface area contributed by atoms with Crippen molar-refractivity contribution in [1.29, 1.82) is 0 Å². The number of nitrogens with two attached hydrogens (primary N) is 1. The molecule has 2 aromatic heterocycles. The van der Waals surface area contributed by atoms with Gasteiger partial charge in [-0.1, -0.05) is 0 Å². The smallest absolute Gasteiger partial charge is 0.265 e. The van der Waals surface area contributed by atoms with E-state index < -0.39 is 0 Å². The van der Waals surface area contributed by atoms with Gasteiger partial charge >= 0.3 is 0 Å². The largest absolute Gasteiger partial charge is 0.364 e. The van der Waals surface area contributed by atoms with Crippen LogP contribution in [0.2, 0.25) is 0 Å². The van der Waals surface area contributed by atoms with Crippen molar-refractivity contribution in [3.8, 4) is 0 Å². The number of primary amides is 1. The second-order valence-electron chi connectivity index (χ2n) is 2.62. The summed E-state index contributed by atoms with van der Waals surface area (Å²) in [6, 6.07) is 3.80. The van der Waals surface area contributed by atoms with Gasteiger partial charge in [0.1, 0.15) is 5.69 Å². The minimum absolute atomic E-state index is 0.374. The van der Waals surface area contributed by atoms with E-state index in [1.54, 1.807) is 11.3 Å². The summed E-state index contributed by atoms with van der Waals surface area (Å²) in [5.41, 5.74) is 6.81. The highest BCUT2D eigenvalue weighted by atomic mass is 32.1. The lowest BCUT2D eigenvalue weighted by molar-refractivity contribution is 0.0993. The van der Waals surface area contributed by atoms with Crippen LogP contribution in [0.15, 0.2) is 17.5 Å². The lowest BCUT2D eigenvalue weighted by atomic mass is 10.4. The van der Waals surface area contributed by atoms with E-state index in [9.17, 15) is 4.79 Å². The molecule has 0 radical (unpaired) electrons. The third kappa shape index (κ3) is 0.848. The number of thiophene rings is 1.